The van der Waals surface area contributed by atoms with Crippen molar-refractivity contribution in [2.24, 2.45) is 11.7 Å². The van der Waals surface area contributed by atoms with Gasteiger partial charge in [0, 0.05) is 30.5 Å². The maximum atomic E-state index is 13.0. The molecule has 0 bridgehead atoms. The number of halogens is 1. The lowest BCUT2D eigenvalue weighted by Crippen LogP contribution is -2.38. The molecule has 2 aliphatic rings. The highest BCUT2D eigenvalue weighted by molar-refractivity contribution is 5.80. The summed E-state index contributed by atoms with van der Waals surface area (Å²) in [6, 6.07) is 7.12. The lowest BCUT2D eigenvalue weighted by atomic mass is 9.97. The van der Waals surface area contributed by atoms with Gasteiger partial charge in [-0.05, 0) is 50.3 Å². The first-order valence-corrected chi connectivity index (χ1v) is 7.86. The van der Waals surface area contributed by atoms with Crippen LogP contribution in [0.5, 0.6) is 0 Å². The van der Waals surface area contributed by atoms with Crippen LogP contribution in [-0.4, -0.2) is 29.4 Å². The topological polar surface area (TPSA) is 46.3 Å². The Balaban J connectivity index is 1.68. The van der Waals surface area contributed by atoms with Crippen molar-refractivity contribution in [1.29, 1.82) is 0 Å². The zero-order valence-corrected chi connectivity index (χ0v) is 12.5. The molecule has 1 aromatic carbocycles. The van der Waals surface area contributed by atoms with Crippen molar-refractivity contribution in [2.75, 3.05) is 6.54 Å². The van der Waals surface area contributed by atoms with E-state index in [0.29, 0.717) is 5.92 Å². The maximum Gasteiger partial charge on any atom is 0.226 e. The van der Waals surface area contributed by atoms with Crippen molar-refractivity contribution in [3.63, 3.8) is 0 Å². The summed E-state index contributed by atoms with van der Waals surface area (Å²) in [7, 11) is 0. The molecular formula is C17H23FN2O. The number of rotatable bonds is 2. The number of nitrogens with two attached hydrogens (primary N) is 1. The van der Waals surface area contributed by atoms with Gasteiger partial charge in [-0.25, -0.2) is 4.39 Å². The Kier molecular flexibility index (Phi) is 3.98. The minimum Gasteiger partial charge on any atom is -0.339 e. The van der Waals surface area contributed by atoms with Gasteiger partial charge >= 0.3 is 0 Å². The molecule has 0 aromatic heterocycles. The minimum absolute atomic E-state index is 0.106. The van der Waals surface area contributed by atoms with Crippen LogP contribution in [-0.2, 0) is 4.79 Å². The smallest absolute Gasteiger partial charge is 0.226 e. The van der Waals surface area contributed by atoms with Crippen LogP contribution in [0.4, 0.5) is 4.39 Å². The Morgan fingerprint density at radius 2 is 1.95 bits per heavy atom. The molecule has 2 fully saturated rings. The van der Waals surface area contributed by atoms with Crippen molar-refractivity contribution < 1.29 is 9.18 Å². The molecule has 2 N–H and O–H groups in total. The average Bonchev–Trinajstić information content (AvgIpc) is 3.05. The molecule has 3 nitrogen and oxygen atoms in total. The quantitative estimate of drug-likeness (QED) is 0.910. The first-order valence-electron chi connectivity index (χ1n) is 7.86. The Hall–Kier alpha value is -1.42. The number of benzene rings is 1. The number of amides is 1. The third-order valence-electron chi connectivity index (χ3n) is 5.02. The second-order valence-electron chi connectivity index (χ2n) is 6.59. The zero-order valence-electron chi connectivity index (χ0n) is 12.5. The fraction of sp³-hybridized carbons (Fsp3) is 0.588. The van der Waals surface area contributed by atoms with Crippen molar-refractivity contribution in [2.45, 2.75) is 50.6 Å². The molecule has 3 rings (SSSR count). The van der Waals surface area contributed by atoms with Crippen LogP contribution in [0.2, 0.25) is 0 Å². The monoisotopic (exact) mass is 290 g/mol. The Morgan fingerprint density at radius 3 is 2.57 bits per heavy atom. The van der Waals surface area contributed by atoms with Crippen LogP contribution in [0.25, 0.3) is 0 Å². The summed E-state index contributed by atoms with van der Waals surface area (Å²) in [5, 5.41) is 0. The summed E-state index contributed by atoms with van der Waals surface area (Å²) in [6.45, 7) is 2.85. The van der Waals surface area contributed by atoms with Crippen LogP contribution >= 0.6 is 0 Å². The van der Waals surface area contributed by atoms with Gasteiger partial charge in [-0.15, -0.1) is 0 Å². The van der Waals surface area contributed by atoms with Gasteiger partial charge in [-0.3, -0.25) is 4.79 Å². The van der Waals surface area contributed by atoms with E-state index in [2.05, 4.69) is 6.92 Å². The standard InChI is InChI=1S/C17H23FN2O/c1-11-8-14(12-2-5-15(18)6-3-12)10-20(11)17(21)13-4-7-16(19)9-13/h2-3,5-6,11,13-14,16H,4,7-10,19H2,1H3. The number of hydrogen-bond acceptors (Lipinski definition) is 2. The predicted octanol–water partition coefficient (Wildman–Crippen LogP) is 2.66. The first kappa shape index (κ1) is 14.5. The van der Waals surface area contributed by atoms with Crippen LogP contribution < -0.4 is 5.73 Å². The van der Waals surface area contributed by atoms with Crippen LogP contribution in [0.15, 0.2) is 24.3 Å². The predicted molar refractivity (Wildman–Crippen MR) is 80.2 cm³/mol. The third kappa shape index (κ3) is 2.95. The van der Waals surface area contributed by atoms with E-state index in [1.807, 2.05) is 17.0 Å². The number of likely N-dealkylation sites (tertiary alicyclic amines) is 1. The van der Waals surface area contributed by atoms with E-state index in [0.717, 1.165) is 37.8 Å². The molecule has 4 unspecified atom stereocenters. The van der Waals surface area contributed by atoms with Crippen LogP contribution in [0.3, 0.4) is 0 Å². The van der Waals surface area contributed by atoms with E-state index in [1.54, 1.807) is 0 Å². The molecule has 4 heteroatoms. The Morgan fingerprint density at radius 1 is 1.24 bits per heavy atom. The summed E-state index contributed by atoms with van der Waals surface area (Å²) in [4.78, 5) is 14.7. The highest BCUT2D eigenvalue weighted by atomic mass is 19.1. The largest absolute Gasteiger partial charge is 0.339 e. The highest BCUT2D eigenvalue weighted by Gasteiger charge is 2.38. The van der Waals surface area contributed by atoms with Gasteiger partial charge in [0.1, 0.15) is 5.82 Å². The molecular weight excluding hydrogens is 267 g/mol. The van der Waals surface area contributed by atoms with Crippen molar-refractivity contribution in [3.8, 4) is 0 Å². The number of carbonyl (C=O) groups excluding carboxylic acids is 1. The fourth-order valence-electron chi connectivity index (χ4n) is 3.79. The molecule has 1 saturated heterocycles. The molecule has 1 saturated carbocycles. The van der Waals surface area contributed by atoms with Gasteiger partial charge in [0.2, 0.25) is 5.91 Å². The molecule has 0 radical (unpaired) electrons. The summed E-state index contributed by atoms with van der Waals surface area (Å²) >= 11 is 0. The van der Waals surface area contributed by atoms with Gasteiger partial charge in [0.05, 0.1) is 0 Å². The highest BCUT2D eigenvalue weighted by Crippen LogP contribution is 2.35. The van der Waals surface area contributed by atoms with Crippen molar-refractivity contribution >= 4 is 5.91 Å². The third-order valence-corrected chi connectivity index (χ3v) is 5.02. The van der Waals surface area contributed by atoms with Gasteiger partial charge < -0.3 is 10.6 Å². The lowest BCUT2D eigenvalue weighted by molar-refractivity contribution is -0.135. The molecule has 1 aliphatic carbocycles. The summed E-state index contributed by atoms with van der Waals surface area (Å²) < 4.78 is 13.0. The van der Waals surface area contributed by atoms with Gasteiger partial charge in [-0.2, -0.15) is 0 Å². The summed E-state index contributed by atoms with van der Waals surface area (Å²) in [5.41, 5.74) is 7.05. The maximum absolute atomic E-state index is 13.0. The van der Waals surface area contributed by atoms with Crippen molar-refractivity contribution in [1.82, 2.24) is 4.90 Å². The summed E-state index contributed by atoms with van der Waals surface area (Å²) in [5.74, 6) is 0.478. The van der Waals surface area contributed by atoms with Gasteiger partial charge in [0.15, 0.2) is 0 Å². The second kappa shape index (κ2) is 5.76. The van der Waals surface area contributed by atoms with E-state index in [9.17, 15) is 9.18 Å². The van der Waals surface area contributed by atoms with E-state index < -0.39 is 0 Å². The van der Waals surface area contributed by atoms with Crippen molar-refractivity contribution in [3.05, 3.63) is 35.6 Å². The van der Waals surface area contributed by atoms with Crippen LogP contribution in [0, 0.1) is 11.7 Å². The zero-order chi connectivity index (χ0) is 15.0. The normalized spacial score (nSPS) is 32.6. The molecule has 21 heavy (non-hydrogen) atoms. The molecule has 1 amide bonds. The molecule has 0 spiro atoms. The minimum atomic E-state index is -0.210. The molecule has 1 aliphatic heterocycles. The SMILES string of the molecule is CC1CC(c2ccc(F)cc2)CN1C(=O)C1CCC(N)C1. The van der Waals surface area contributed by atoms with Gasteiger partial charge in [-0.1, -0.05) is 12.1 Å². The second-order valence-corrected chi connectivity index (χ2v) is 6.59. The average molecular weight is 290 g/mol. The van der Waals surface area contributed by atoms with E-state index in [1.165, 1.54) is 12.1 Å². The molecule has 1 aromatic rings. The summed E-state index contributed by atoms with van der Waals surface area (Å²) in [6.07, 6.45) is 3.66. The van der Waals surface area contributed by atoms with Crippen LogP contribution in [0.1, 0.15) is 44.1 Å². The number of hydrogen-bond donors (Lipinski definition) is 1. The molecule has 1 heterocycles. The Bertz CT molecular complexity index is 516. The van der Waals surface area contributed by atoms with E-state index in [-0.39, 0.29) is 29.7 Å². The number of nitrogens with zero attached hydrogens (tertiary/aromatic N) is 1. The molecule has 4 atom stereocenters. The van der Waals surface area contributed by atoms with E-state index in [4.69, 9.17) is 5.73 Å². The van der Waals surface area contributed by atoms with E-state index >= 15 is 0 Å². The first-order chi connectivity index (χ1) is 10.0. The Labute approximate surface area is 125 Å². The van der Waals surface area contributed by atoms with Gasteiger partial charge in [0.25, 0.3) is 0 Å². The lowest BCUT2D eigenvalue weighted by Gasteiger charge is -2.25. The number of carbonyl (C=O) groups is 1. The fourth-order valence-corrected chi connectivity index (χ4v) is 3.79. The molecule has 114 valence electrons.